The fourth-order valence-corrected chi connectivity index (χ4v) is 5.48. The molecule has 38 heavy (non-hydrogen) atoms. The van der Waals surface area contributed by atoms with Crippen LogP contribution < -0.4 is 15.6 Å². The molecule has 1 aliphatic carbocycles. The predicted octanol–water partition coefficient (Wildman–Crippen LogP) is 5.18. The van der Waals surface area contributed by atoms with Crippen LogP contribution in [0.4, 0.5) is 4.39 Å². The average molecular weight is 532 g/mol. The number of ether oxygens (including phenoxy) is 1. The molecule has 1 fully saturated rings. The van der Waals surface area contributed by atoms with Crippen LogP contribution in [-0.4, -0.2) is 40.1 Å². The molecule has 9 heteroatoms. The number of Topliss-reactive ketones (excluding diaryl/α,β-unsaturated/α-hetero) is 1. The second-order valence-electron chi connectivity index (χ2n) is 9.14. The number of nitrogens with one attached hydrogen (secondary N) is 1. The Morgan fingerprint density at radius 3 is 2.50 bits per heavy atom. The molecule has 1 aliphatic rings. The van der Waals surface area contributed by atoms with E-state index in [1.54, 1.807) is 55.6 Å². The lowest BCUT2D eigenvalue weighted by Gasteiger charge is -2.15. The Hall–Kier alpha value is -3.98. The summed E-state index contributed by atoms with van der Waals surface area (Å²) >= 11 is 1.08. The standard InChI is InChI=1S/C29H26FN3O4S/c1-37-23-12-9-18(10-13-23)26(34)17-38-29-32-25-15-19(27(35)31-21-6-2-3-7-21)11-14-24(25)28(36)33(29)22-8-4-5-20(30)16-22/h4-5,8-16,21H,2-3,6-7,17H2,1H3,(H,31,35). The van der Waals surface area contributed by atoms with Crippen molar-refractivity contribution in [2.24, 2.45) is 0 Å². The van der Waals surface area contributed by atoms with E-state index < -0.39 is 11.4 Å². The maximum Gasteiger partial charge on any atom is 0.266 e. The first-order valence-electron chi connectivity index (χ1n) is 12.4. The Kier molecular flexibility index (Phi) is 7.55. The van der Waals surface area contributed by atoms with E-state index in [4.69, 9.17) is 4.74 Å². The normalized spacial score (nSPS) is 13.5. The van der Waals surface area contributed by atoms with E-state index >= 15 is 0 Å². The quantitative estimate of drug-likeness (QED) is 0.191. The van der Waals surface area contributed by atoms with Crippen molar-refractivity contribution in [2.75, 3.05) is 12.9 Å². The van der Waals surface area contributed by atoms with Crippen LogP contribution in [-0.2, 0) is 0 Å². The monoisotopic (exact) mass is 531 g/mol. The third-order valence-electron chi connectivity index (χ3n) is 6.60. The molecular formula is C29H26FN3O4S. The van der Waals surface area contributed by atoms with Crippen LogP contribution in [0.15, 0.2) is 76.7 Å². The van der Waals surface area contributed by atoms with E-state index in [2.05, 4.69) is 10.3 Å². The zero-order chi connectivity index (χ0) is 26.6. The molecule has 0 atom stereocenters. The lowest BCUT2D eigenvalue weighted by molar-refractivity contribution is 0.0937. The molecule has 0 radical (unpaired) electrons. The molecular weight excluding hydrogens is 505 g/mol. The van der Waals surface area contributed by atoms with Gasteiger partial charge in [0.1, 0.15) is 11.6 Å². The highest BCUT2D eigenvalue weighted by Gasteiger charge is 2.20. The Morgan fingerprint density at radius 2 is 1.79 bits per heavy atom. The van der Waals surface area contributed by atoms with Crippen LogP contribution in [0, 0.1) is 5.82 Å². The van der Waals surface area contributed by atoms with E-state index in [0.29, 0.717) is 28.1 Å². The molecule has 0 aliphatic heterocycles. The molecule has 1 N–H and O–H groups in total. The molecule has 0 bridgehead atoms. The van der Waals surface area contributed by atoms with Crippen molar-refractivity contribution in [1.82, 2.24) is 14.9 Å². The number of carbonyl (C=O) groups is 2. The zero-order valence-corrected chi connectivity index (χ0v) is 21.6. The Bertz CT molecular complexity index is 1560. The van der Waals surface area contributed by atoms with Gasteiger partial charge in [-0.2, -0.15) is 0 Å². The van der Waals surface area contributed by atoms with E-state index in [1.165, 1.54) is 22.8 Å². The number of halogens is 1. The van der Waals surface area contributed by atoms with E-state index in [-0.39, 0.29) is 34.0 Å². The van der Waals surface area contributed by atoms with Crippen LogP contribution in [0.2, 0.25) is 0 Å². The smallest absolute Gasteiger partial charge is 0.266 e. The van der Waals surface area contributed by atoms with Crippen molar-refractivity contribution in [2.45, 2.75) is 36.9 Å². The summed E-state index contributed by atoms with van der Waals surface area (Å²) in [6, 6.07) is 17.3. The number of nitrogens with zero attached hydrogens (tertiary/aromatic N) is 2. The lowest BCUT2D eigenvalue weighted by Crippen LogP contribution is -2.32. The molecule has 0 saturated heterocycles. The number of aromatic nitrogens is 2. The first-order chi connectivity index (χ1) is 18.4. The fraction of sp³-hybridized carbons (Fsp3) is 0.241. The van der Waals surface area contributed by atoms with Crippen molar-refractivity contribution in [3.63, 3.8) is 0 Å². The van der Waals surface area contributed by atoms with Gasteiger partial charge in [0.05, 0.1) is 29.5 Å². The van der Waals surface area contributed by atoms with Crippen molar-refractivity contribution in [1.29, 1.82) is 0 Å². The summed E-state index contributed by atoms with van der Waals surface area (Å²) in [6.07, 6.45) is 4.11. The lowest BCUT2D eigenvalue weighted by atomic mass is 10.1. The van der Waals surface area contributed by atoms with Gasteiger partial charge < -0.3 is 10.1 Å². The average Bonchev–Trinajstić information content (AvgIpc) is 3.44. The van der Waals surface area contributed by atoms with Gasteiger partial charge in [-0.05, 0) is 73.5 Å². The highest BCUT2D eigenvalue weighted by Crippen LogP contribution is 2.24. The molecule has 5 rings (SSSR count). The number of ketones is 1. The second kappa shape index (κ2) is 11.2. The summed E-state index contributed by atoms with van der Waals surface area (Å²) in [4.78, 5) is 44.0. The molecule has 3 aromatic carbocycles. The van der Waals surface area contributed by atoms with Gasteiger partial charge in [0.25, 0.3) is 11.5 Å². The highest BCUT2D eigenvalue weighted by molar-refractivity contribution is 7.99. The van der Waals surface area contributed by atoms with Gasteiger partial charge in [-0.1, -0.05) is 30.7 Å². The van der Waals surface area contributed by atoms with Crippen molar-refractivity contribution in [3.05, 3.63) is 94.0 Å². The first-order valence-corrected chi connectivity index (χ1v) is 13.3. The van der Waals surface area contributed by atoms with E-state index in [0.717, 1.165) is 37.4 Å². The van der Waals surface area contributed by atoms with Crippen molar-refractivity contribution in [3.8, 4) is 11.4 Å². The van der Waals surface area contributed by atoms with Crippen LogP contribution in [0.25, 0.3) is 16.6 Å². The summed E-state index contributed by atoms with van der Waals surface area (Å²) in [5.41, 5.74) is 1.12. The van der Waals surface area contributed by atoms with E-state index in [9.17, 15) is 18.8 Å². The van der Waals surface area contributed by atoms with Gasteiger partial charge in [-0.3, -0.25) is 19.0 Å². The Morgan fingerprint density at radius 1 is 1.05 bits per heavy atom. The molecule has 1 saturated carbocycles. The summed E-state index contributed by atoms with van der Waals surface area (Å²) in [6.45, 7) is 0. The maximum atomic E-state index is 14.1. The summed E-state index contributed by atoms with van der Waals surface area (Å²) < 4.78 is 20.5. The van der Waals surface area contributed by atoms with Crippen LogP contribution in [0.3, 0.4) is 0 Å². The number of amides is 1. The van der Waals surface area contributed by atoms with Crippen LogP contribution in [0.1, 0.15) is 46.4 Å². The van der Waals surface area contributed by atoms with Gasteiger partial charge in [-0.15, -0.1) is 0 Å². The Balaban J connectivity index is 1.51. The van der Waals surface area contributed by atoms with Gasteiger partial charge >= 0.3 is 0 Å². The number of carbonyl (C=O) groups excluding carboxylic acids is 2. The molecule has 4 aromatic rings. The number of rotatable bonds is 8. The van der Waals surface area contributed by atoms with Crippen molar-refractivity contribution >= 4 is 34.4 Å². The third-order valence-corrected chi connectivity index (χ3v) is 7.54. The molecule has 7 nitrogen and oxygen atoms in total. The molecule has 1 amide bonds. The minimum absolute atomic E-state index is 0.00144. The van der Waals surface area contributed by atoms with Gasteiger partial charge in [-0.25, -0.2) is 9.37 Å². The first kappa shape index (κ1) is 25.7. The highest BCUT2D eigenvalue weighted by atomic mass is 32.2. The molecule has 1 aromatic heterocycles. The van der Waals surface area contributed by atoms with Crippen molar-refractivity contribution < 1.29 is 18.7 Å². The predicted molar refractivity (Wildman–Crippen MR) is 145 cm³/mol. The van der Waals surface area contributed by atoms with Crippen LogP contribution in [0.5, 0.6) is 5.75 Å². The number of hydrogen-bond donors (Lipinski definition) is 1. The minimum Gasteiger partial charge on any atom is -0.497 e. The van der Waals surface area contributed by atoms with Gasteiger partial charge in [0.2, 0.25) is 0 Å². The number of thioether (sulfide) groups is 1. The fourth-order valence-electron chi connectivity index (χ4n) is 4.58. The summed E-state index contributed by atoms with van der Waals surface area (Å²) in [5.74, 6) is -0.236. The van der Waals surface area contributed by atoms with Gasteiger partial charge in [0, 0.05) is 17.2 Å². The number of methoxy groups -OCH3 is 1. The third kappa shape index (κ3) is 5.47. The molecule has 1 heterocycles. The SMILES string of the molecule is COc1ccc(C(=O)CSc2nc3cc(C(=O)NC4CCCC4)ccc3c(=O)n2-c2cccc(F)c2)cc1. The summed E-state index contributed by atoms with van der Waals surface area (Å²) in [7, 11) is 1.55. The molecule has 0 spiro atoms. The second-order valence-corrected chi connectivity index (χ2v) is 10.1. The topological polar surface area (TPSA) is 90.3 Å². The largest absolute Gasteiger partial charge is 0.497 e. The van der Waals surface area contributed by atoms with Gasteiger partial charge in [0.15, 0.2) is 10.9 Å². The van der Waals surface area contributed by atoms with Crippen LogP contribution >= 0.6 is 11.8 Å². The summed E-state index contributed by atoms with van der Waals surface area (Å²) in [5, 5.41) is 3.56. The number of fused-ring (bicyclic) bond motifs is 1. The number of benzene rings is 3. The molecule has 0 unspecified atom stereocenters. The maximum absolute atomic E-state index is 14.1. The molecule has 194 valence electrons. The minimum atomic E-state index is -0.501. The van der Waals surface area contributed by atoms with E-state index in [1.807, 2.05) is 0 Å². The zero-order valence-electron chi connectivity index (χ0n) is 20.8. The number of hydrogen-bond acceptors (Lipinski definition) is 6. The Labute approximate surface area is 223 Å².